The summed E-state index contributed by atoms with van der Waals surface area (Å²) in [6, 6.07) is 9.94. The van der Waals surface area contributed by atoms with E-state index in [4.69, 9.17) is 0 Å². The van der Waals surface area contributed by atoms with Gasteiger partial charge in [0.1, 0.15) is 12.1 Å². The molecular formula is C28H44N4O3. The molecule has 3 amide bonds. The maximum Gasteiger partial charge on any atom is 0.250 e. The number of likely N-dealkylation sites (tertiary alicyclic amines) is 1. The van der Waals surface area contributed by atoms with Gasteiger partial charge >= 0.3 is 0 Å². The normalized spacial score (nSPS) is 18.9. The van der Waals surface area contributed by atoms with Crippen molar-refractivity contribution in [2.75, 3.05) is 37.7 Å². The average Bonchev–Trinajstić information content (AvgIpc) is 3.03. The van der Waals surface area contributed by atoms with Crippen molar-refractivity contribution in [3.05, 3.63) is 30.3 Å². The second kappa shape index (κ2) is 11.0. The first-order valence-corrected chi connectivity index (χ1v) is 13.1. The minimum absolute atomic E-state index is 0.00532. The summed E-state index contributed by atoms with van der Waals surface area (Å²) in [5.74, 6) is 0.727. The second-order valence-electron chi connectivity index (χ2n) is 12.1. The predicted octanol–water partition coefficient (Wildman–Crippen LogP) is 3.89. The summed E-state index contributed by atoms with van der Waals surface area (Å²) >= 11 is 0. The molecule has 0 bridgehead atoms. The minimum atomic E-state index is -0.715. The summed E-state index contributed by atoms with van der Waals surface area (Å²) < 4.78 is 0. The zero-order chi connectivity index (χ0) is 25.8. The highest BCUT2D eigenvalue weighted by Crippen LogP contribution is 2.39. The number of piperidine rings is 1. The van der Waals surface area contributed by atoms with E-state index < -0.39 is 5.54 Å². The largest absolute Gasteiger partial charge is 0.354 e. The van der Waals surface area contributed by atoms with Crippen LogP contribution in [0.1, 0.15) is 67.2 Å². The Morgan fingerprint density at radius 1 is 1.06 bits per heavy atom. The van der Waals surface area contributed by atoms with Gasteiger partial charge in [-0.2, -0.15) is 0 Å². The van der Waals surface area contributed by atoms with Crippen molar-refractivity contribution in [3.63, 3.8) is 0 Å². The fraction of sp³-hybridized carbons (Fsp3) is 0.679. The van der Waals surface area contributed by atoms with Gasteiger partial charge in [-0.3, -0.25) is 14.4 Å². The molecule has 194 valence electrons. The number of anilines is 1. The average molecular weight is 485 g/mol. The number of benzene rings is 1. The number of rotatable bonds is 8. The van der Waals surface area contributed by atoms with Crippen LogP contribution in [0.3, 0.4) is 0 Å². The Bertz CT molecular complexity index is 885. The number of para-hydroxylation sites is 1. The molecule has 0 aromatic heterocycles. The van der Waals surface area contributed by atoms with Gasteiger partial charge in [0.25, 0.3) is 5.91 Å². The quantitative estimate of drug-likeness (QED) is 0.608. The smallest absolute Gasteiger partial charge is 0.250 e. The van der Waals surface area contributed by atoms with Crippen LogP contribution in [0.25, 0.3) is 0 Å². The molecule has 2 heterocycles. The molecule has 2 aliphatic heterocycles. The Morgan fingerprint density at radius 2 is 1.69 bits per heavy atom. The lowest BCUT2D eigenvalue weighted by Crippen LogP contribution is -2.57. The molecule has 0 radical (unpaired) electrons. The highest BCUT2D eigenvalue weighted by molar-refractivity contribution is 5.96. The van der Waals surface area contributed by atoms with Gasteiger partial charge in [0.2, 0.25) is 11.8 Å². The zero-order valence-corrected chi connectivity index (χ0v) is 22.5. The lowest BCUT2D eigenvalue weighted by atomic mass is 9.83. The predicted molar refractivity (Wildman–Crippen MR) is 140 cm³/mol. The fourth-order valence-corrected chi connectivity index (χ4v) is 5.54. The van der Waals surface area contributed by atoms with Gasteiger partial charge in [-0.05, 0) is 48.6 Å². The van der Waals surface area contributed by atoms with Gasteiger partial charge in [-0.1, -0.05) is 59.7 Å². The van der Waals surface area contributed by atoms with Crippen LogP contribution in [0, 0.1) is 17.3 Å². The molecule has 1 spiro atoms. The van der Waals surface area contributed by atoms with Crippen molar-refractivity contribution in [1.29, 1.82) is 0 Å². The Hall–Kier alpha value is -2.57. The van der Waals surface area contributed by atoms with Crippen LogP contribution in [0.4, 0.5) is 5.69 Å². The van der Waals surface area contributed by atoms with Crippen LogP contribution >= 0.6 is 0 Å². The molecule has 2 aliphatic rings. The van der Waals surface area contributed by atoms with Gasteiger partial charge < -0.3 is 20.0 Å². The van der Waals surface area contributed by atoms with E-state index in [0.717, 1.165) is 12.1 Å². The van der Waals surface area contributed by atoms with Gasteiger partial charge in [-0.15, -0.1) is 0 Å². The van der Waals surface area contributed by atoms with Crippen molar-refractivity contribution >= 4 is 23.4 Å². The van der Waals surface area contributed by atoms with E-state index in [1.54, 1.807) is 4.90 Å². The topological polar surface area (TPSA) is 73.0 Å². The van der Waals surface area contributed by atoms with Gasteiger partial charge in [0.15, 0.2) is 0 Å². The molecule has 7 heteroatoms. The van der Waals surface area contributed by atoms with Crippen molar-refractivity contribution in [3.8, 4) is 0 Å². The van der Waals surface area contributed by atoms with E-state index in [0.29, 0.717) is 57.4 Å². The third-order valence-electron chi connectivity index (χ3n) is 7.05. The summed E-state index contributed by atoms with van der Waals surface area (Å²) in [5.41, 5.74) is 0.459. The molecule has 2 fully saturated rings. The minimum Gasteiger partial charge on any atom is -0.354 e. The van der Waals surface area contributed by atoms with E-state index in [9.17, 15) is 14.4 Å². The first-order chi connectivity index (χ1) is 16.4. The summed E-state index contributed by atoms with van der Waals surface area (Å²) in [6.45, 7) is 15.0. The lowest BCUT2D eigenvalue weighted by molar-refractivity contribution is -0.140. The van der Waals surface area contributed by atoms with Crippen LogP contribution in [-0.2, 0) is 14.4 Å². The Balaban J connectivity index is 1.71. The van der Waals surface area contributed by atoms with Crippen molar-refractivity contribution in [1.82, 2.24) is 15.1 Å². The summed E-state index contributed by atoms with van der Waals surface area (Å²) in [7, 11) is 0. The molecule has 0 aliphatic carbocycles. The number of carbonyl (C=O) groups is 3. The molecule has 3 rings (SSSR count). The maximum atomic E-state index is 13.8. The number of nitrogens with zero attached hydrogens (tertiary/aromatic N) is 3. The summed E-state index contributed by atoms with van der Waals surface area (Å²) in [4.78, 5) is 45.1. The first kappa shape index (κ1) is 27.0. The van der Waals surface area contributed by atoms with E-state index in [1.807, 2.05) is 49.1 Å². The van der Waals surface area contributed by atoms with Crippen molar-refractivity contribution in [2.24, 2.45) is 17.3 Å². The van der Waals surface area contributed by atoms with Crippen LogP contribution < -0.4 is 10.2 Å². The lowest BCUT2D eigenvalue weighted by Gasteiger charge is -2.43. The molecule has 35 heavy (non-hydrogen) atoms. The van der Waals surface area contributed by atoms with Crippen LogP contribution in [0.2, 0.25) is 0 Å². The monoisotopic (exact) mass is 484 g/mol. The number of hydrogen-bond acceptors (Lipinski definition) is 4. The third-order valence-corrected chi connectivity index (χ3v) is 7.05. The summed E-state index contributed by atoms with van der Waals surface area (Å²) in [6.07, 6.45) is 2.70. The number of nitrogens with one attached hydrogen (secondary N) is 1. The van der Waals surface area contributed by atoms with Crippen LogP contribution in [-0.4, -0.2) is 65.9 Å². The number of amides is 3. The molecule has 1 atom stereocenters. The maximum absolute atomic E-state index is 13.8. The fourth-order valence-electron chi connectivity index (χ4n) is 5.54. The van der Waals surface area contributed by atoms with Gasteiger partial charge in [0, 0.05) is 31.7 Å². The van der Waals surface area contributed by atoms with E-state index in [1.165, 1.54) is 0 Å². The van der Waals surface area contributed by atoms with Gasteiger partial charge in [0.05, 0.1) is 6.67 Å². The second-order valence-corrected chi connectivity index (χ2v) is 12.1. The number of carbonyl (C=O) groups excluding carboxylic acids is 3. The molecule has 1 unspecified atom stereocenters. The highest BCUT2D eigenvalue weighted by atomic mass is 16.2. The van der Waals surface area contributed by atoms with E-state index >= 15 is 0 Å². The molecule has 1 N–H and O–H groups in total. The van der Waals surface area contributed by atoms with Crippen molar-refractivity contribution < 1.29 is 14.4 Å². The van der Waals surface area contributed by atoms with E-state index in [2.05, 4.69) is 37.9 Å². The van der Waals surface area contributed by atoms with Crippen LogP contribution in [0.5, 0.6) is 0 Å². The van der Waals surface area contributed by atoms with E-state index in [-0.39, 0.29) is 29.7 Å². The Morgan fingerprint density at radius 3 is 2.26 bits per heavy atom. The molecule has 1 aromatic carbocycles. The molecule has 2 saturated heterocycles. The molecular weight excluding hydrogens is 440 g/mol. The highest BCUT2D eigenvalue weighted by Gasteiger charge is 2.54. The Labute approximate surface area is 211 Å². The van der Waals surface area contributed by atoms with Crippen molar-refractivity contribution in [2.45, 2.75) is 72.8 Å². The SMILES string of the molecule is CC(C)CNC(=O)CN1CN(c2ccccc2)C2(CCN(C(=O)CC(C)CC(C)(C)C)CC2)C1=O. The summed E-state index contributed by atoms with van der Waals surface area (Å²) in [5, 5.41) is 2.93. The third kappa shape index (κ3) is 6.77. The molecule has 0 saturated carbocycles. The molecule has 7 nitrogen and oxygen atoms in total. The number of hydrogen-bond donors (Lipinski definition) is 1. The van der Waals surface area contributed by atoms with Crippen LogP contribution in [0.15, 0.2) is 30.3 Å². The standard InChI is InChI=1S/C28H44N4O3/c1-21(2)18-29-24(33)19-31-20-32(23-10-8-7-9-11-23)28(26(31)35)12-14-30(15-13-28)25(34)16-22(3)17-27(4,5)6/h7-11,21-22H,12-20H2,1-6H3,(H,29,33). The van der Waals surface area contributed by atoms with Gasteiger partial charge in [-0.25, -0.2) is 0 Å². The zero-order valence-electron chi connectivity index (χ0n) is 22.5. The Kier molecular flexibility index (Phi) is 8.50. The first-order valence-electron chi connectivity index (χ1n) is 13.1. The molecule has 1 aromatic rings.